The monoisotopic (exact) mass is 414 g/mol. The number of aromatic nitrogens is 3. The average molecular weight is 415 g/mol. The fraction of sp³-hybridized carbons (Fsp3) is 0.211. The van der Waals surface area contributed by atoms with Gasteiger partial charge in [-0.25, -0.2) is 9.67 Å². The number of hydrogen-bond acceptors (Lipinski definition) is 4. The van der Waals surface area contributed by atoms with Crippen LogP contribution in [-0.4, -0.2) is 27.3 Å². The molecule has 0 saturated carbocycles. The first kappa shape index (κ1) is 18.1. The van der Waals surface area contributed by atoms with Crippen LogP contribution in [0.15, 0.2) is 53.5 Å². The number of hydrogen-bond donors (Lipinski definition) is 1. The number of ether oxygens (including phenoxy) is 1. The summed E-state index contributed by atoms with van der Waals surface area (Å²) in [5.74, 6) is 0.670. The lowest BCUT2D eigenvalue weighted by atomic mass is 10.1. The Morgan fingerprint density at radius 3 is 2.81 bits per heavy atom. The maximum atomic E-state index is 12.3. The van der Waals surface area contributed by atoms with Crippen LogP contribution in [0.5, 0.6) is 5.75 Å². The summed E-state index contributed by atoms with van der Waals surface area (Å²) in [6, 6.07) is 11.6. The molecule has 0 aliphatic rings. The van der Waals surface area contributed by atoms with Crippen LogP contribution < -0.4 is 10.1 Å². The van der Waals surface area contributed by atoms with Crippen LogP contribution in [0.3, 0.4) is 0 Å². The molecule has 1 amide bonds. The molecule has 0 bridgehead atoms. The van der Waals surface area contributed by atoms with E-state index in [0.717, 1.165) is 21.5 Å². The number of carbonyl (C=O) groups is 1. The van der Waals surface area contributed by atoms with Gasteiger partial charge in [-0.2, -0.15) is 5.10 Å². The third-order valence-corrected chi connectivity index (χ3v) is 4.31. The molecule has 1 N–H and O–H groups in total. The number of aryl methyl sites for hydroxylation is 2. The van der Waals surface area contributed by atoms with E-state index < -0.39 is 0 Å². The van der Waals surface area contributed by atoms with E-state index in [2.05, 4.69) is 37.4 Å². The molecule has 0 aliphatic carbocycles. The third kappa shape index (κ3) is 4.49. The summed E-state index contributed by atoms with van der Waals surface area (Å²) in [5, 5.41) is 7.03. The van der Waals surface area contributed by atoms with Gasteiger partial charge >= 0.3 is 0 Å². The van der Waals surface area contributed by atoms with E-state index in [4.69, 9.17) is 4.74 Å². The van der Waals surface area contributed by atoms with Gasteiger partial charge < -0.3 is 10.1 Å². The van der Waals surface area contributed by atoms with Crippen molar-refractivity contribution in [1.29, 1.82) is 0 Å². The van der Waals surface area contributed by atoms with Gasteiger partial charge in [0, 0.05) is 4.47 Å². The van der Waals surface area contributed by atoms with Crippen LogP contribution in [0.4, 0.5) is 5.69 Å². The van der Waals surface area contributed by atoms with E-state index in [1.165, 1.54) is 11.9 Å². The topological polar surface area (TPSA) is 69.0 Å². The van der Waals surface area contributed by atoms with Crippen molar-refractivity contribution in [1.82, 2.24) is 14.8 Å². The predicted octanol–water partition coefficient (Wildman–Crippen LogP) is 4.05. The lowest BCUT2D eigenvalue weighted by molar-refractivity contribution is -0.116. The van der Waals surface area contributed by atoms with E-state index in [1.54, 1.807) is 11.0 Å². The van der Waals surface area contributed by atoms with Gasteiger partial charge in [0.2, 0.25) is 5.91 Å². The van der Waals surface area contributed by atoms with Gasteiger partial charge in [-0.3, -0.25) is 4.79 Å². The molecule has 0 saturated heterocycles. The highest BCUT2D eigenvalue weighted by Gasteiger charge is 2.10. The minimum atomic E-state index is -0.130. The molecule has 7 heteroatoms. The Morgan fingerprint density at radius 2 is 2.08 bits per heavy atom. The number of anilines is 1. The van der Waals surface area contributed by atoms with Crippen LogP contribution in [0.25, 0.3) is 5.69 Å². The zero-order valence-electron chi connectivity index (χ0n) is 14.6. The lowest BCUT2D eigenvalue weighted by Crippen LogP contribution is -2.17. The van der Waals surface area contributed by atoms with Gasteiger partial charge in [0.05, 0.1) is 24.4 Å². The van der Waals surface area contributed by atoms with Gasteiger partial charge in [-0.15, -0.1) is 0 Å². The zero-order valence-corrected chi connectivity index (χ0v) is 16.2. The minimum absolute atomic E-state index is 0.130. The van der Waals surface area contributed by atoms with Gasteiger partial charge in [-0.05, 0) is 43.7 Å². The first-order valence-corrected chi connectivity index (χ1v) is 8.96. The van der Waals surface area contributed by atoms with Crippen LogP contribution in [0, 0.1) is 13.8 Å². The molecule has 3 aromatic rings. The number of nitrogens with one attached hydrogen (secondary N) is 1. The van der Waals surface area contributed by atoms with Crippen LogP contribution in [-0.2, 0) is 4.79 Å². The second-order valence-corrected chi connectivity index (χ2v) is 6.83. The summed E-state index contributed by atoms with van der Waals surface area (Å²) >= 11 is 3.43. The first-order valence-electron chi connectivity index (χ1n) is 8.17. The fourth-order valence-corrected chi connectivity index (χ4v) is 2.93. The van der Waals surface area contributed by atoms with Crippen molar-refractivity contribution < 1.29 is 9.53 Å². The summed E-state index contributed by atoms with van der Waals surface area (Å²) in [5.41, 5.74) is 3.64. The SMILES string of the molecule is Cc1ccc(OCCC(=O)Nc2cc(Br)ccc2-n2cncn2)c(C)c1. The number of benzene rings is 2. The quantitative estimate of drug-likeness (QED) is 0.660. The number of halogens is 1. The molecule has 3 rings (SSSR count). The molecular weight excluding hydrogens is 396 g/mol. The normalized spacial score (nSPS) is 10.6. The van der Waals surface area contributed by atoms with E-state index in [0.29, 0.717) is 12.3 Å². The fourth-order valence-electron chi connectivity index (χ4n) is 2.57. The highest BCUT2D eigenvalue weighted by atomic mass is 79.9. The predicted molar refractivity (Wildman–Crippen MR) is 104 cm³/mol. The molecule has 1 aromatic heterocycles. The summed E-state index contributed by atoms with van der Waals surface area (Å²) in [6.45, 7) is 4.34. The second-order valence-electron chi connectivity index (χ2n) is 5.92. The van der Waals surface area contributed by atoms with E-state index in [1.807, 2.05) is 44.2 Å². The average Bonchev–Trinajstić information content (AvgIpc) is 3.11. The van der Waals surface area contributed by atoms with Crippen LogP contribution in [0.1, 0.15) is 17.5 Å². The molecule has 0 spiro atoms. The summed E-state index contributed by atoms with van der Waals surface area (Å²) in [4.78, 5) is 16.3. The summed E-state index contributed by atoms with van der Waals surface area (Å²) in [7, 11) is 0. The van der Waals surface area contributed by atoms with Crippen molar-refractivity contribution in [2.75, 3.05) is 11.9 Å². The van der Waals surface area contributed by atoms with Gasteiger partial charge in [-0.1, -0.05) is 33.6 Å². The van der Waals surface area contributed by atoms with E-state index in [-0.39, 0.29) is 12.3 Å². The molecule has 2 aromatic carbocycles. The largest absolute Gasteiger partial charge is 0.493 e. The Hall–Kier alpha value is -2.67. The molecule has 0 radical (unpaired) electrons. The third-order valence-electron chi connectivity index (χ3n) is 3.82. The van der Waals surface area contributed by atoms with Crippen molar-refractivity contribution >= 4 is 27.5 Å². The molecule has 0 unspecified atom stereocenters. The van der Waals surface area contributed by atoms with E-state index >= 15 is 0 Å². The molecule has 134 valence electrons. The molecule has 1 heterocycles. The number of rotatable bonds is 6. The Labute approximate surface area is 160 Å². The van der Waals surface area contributed by atoms with E-state index in [9.17, 15) is 4.79 Å². The molecule has 0 fully saturated rings. The van der Waals surface area contributed by atoms with Gasteiger partial charge in [0.15, 0.2) is 0 Å². The van der Waals surface area contributed by atoms with Crippen LogP contribution >= 0.6 is 15.9 Å². The maximum Gasteiger partial charge on any atom is 0.227 e. The van der Waals surface area contributed by atoms with Crippen molar-refractivity contribution in [3.8, 4) is 11.4 Å². The van der Waals surface area contributed by atoms with Crippen molar-refractivity contribution in [3.63, 3.8) is 0 Å². The molecule has 0 aliphatic heterocycles. The second kappa shape index (κ2) is 8.14. The summed E-state index contributed by atoms with van der Waals surface area (Å²) < 4.78 is 8.20. The Kier molecular flexibility index (Phi) is 5.68. The van der Waals surface area contributed by atoms with Gasteiger partial charge in [0.25, 0.3) is 0 Å². The lowest BCUT2D eigenvalue weighted by Gasteiger charge is -2.12. The van der Waals surface area contributed by atoms with Crippen molar-refractivity contribution in [2.24, 2.45) is 0 Å². The smallest absolute Gasteiger partial charge is 0.227 e. The summed E-state index contributed by atoms with van der Waals surface area (Å²) in [6.07, 6.45) is 3.28. The molecule has 0 atom stereocenters. The Bertz CT molecular complexity index is 910. The molecule has 26 heavy (non-hydrogen) atoms. The number of amides is 1. The highest BCUT2D eigenvalue weighted by Crippen LogP contribution is 2.24. The number of carbonyl (C=O) groups excluding carboxylic acids is 1. The van der Waals surface area contributed by atoms with Gasteiger partial charge in [0.1, 0.15) is 18.4 Å². The maximum absolute atomic E-state index is 12.3. The molecular formula is C19H19BrN4O2. The minimum Gasteiger partial charge on any atom is -0.493 e. The molecule has 6 nitrogen and oxygen atoms in total. The zero-order chi connectivity index (χ0) is 18.5. The standard InChI is InChI=1S/C19H19BrN4O2/c1-13-3-6-18(14(2)9-13)26-8-7-19(25)23-16-10-15(20)4-5-17(16)24-12-21-11-22-24/h3-6,9-12H,7-8H2,1-2H3,(H,23,25). The Morgan fingerprint density at radius 1 is 1.23 bits per heavy atom. The van der Waals surface area contributed by atoms with Crippen LogP contribution in [0.2, 0.25) is 0 Å². The Balaban J connectivity index is 1.62. The first-order chi connectivity index (χ1) is 12.5. The van der Waals surface area contributed by atoms with Crippen molar-refractivity contribution in [2.45, 2.75) is 20.3 Å². The number of nitrogens with zero attached hydrogens (tertiary/aromatic N) is 3. The van der Waals surface area contributed by atoms with Crippen molar-refractivity contribution in [3.05, 3.63) is 64.7 Å². The highest BCUT2D eigenvalue weighted by molar-refractivity contribution is 9.10.